The van der Waals surface area contributed by atoms with Crippen LogP contribution in [0.25, 0.3) is 16.8 Å². The van der Waals surface area contributed by atoms with Gasteiger partial charge in [0.2, 0.25) is 0 Å². The molecule has 0 aliphatic carbocycles. The second-order valence-electron chi connectivity index (χ2n) is 7.09. The minimum Gasteiger partial charge on any atom is -0.494 e. The van der Waals surface area contributed by atoms with Crippen molar-refractivity contribution in [2.24, 2.45) is 0 Å². The van der Waals surface area contributed by atoms with E-state index < -0.39 is 0 Å². The van der Waals surface area contributed by atoms with Crippen LogP contribution in [0.15, 0.2) is 72.0 Å². The highest BCUT2D eigenvalue weighted by Gasteiger charge is 2.10. The number of thioether (sulfide) groups is 1. The van der Waals surface area contributed by atoms with Gasteiger partial charge in [-0.3, -0.25) is 0 Å². The number of aryl methyl sites for hydroxylation is 1. The molecule has 0 amide bonds. The van der Waals surface area contributed by atoms with Gasteiger partial charge in [-0.15, -0.1) is 0 Å². The minimum atomic E-state index is 0.761. The maximum atomic E-state index is 5.76. The third kappa shape index (κ3) is 4.80. The van der Waals surface area contributed by atoms with Gasteiger partial charge in [0.15, 0.2) is 0 Å². The van der Waals surface area contributed by atoms with Gasteiger partial charge in [0.1, 0.15) is 10.8 Å². The monoisotopic (exact) mass is 403 g/mol. The van der Waals surface area contributed by atoms with Crippen LogP contribution in [0.1, 0.15) is 30.9 Å². The first-order valence-corrected chi connectivity index (χ1v) is 11.0. The van der Waals surface area contributed by atoms with Gasteiger partial charge in [0.25, 0.3) is 0 Å². The summed E-state index contributed by atoms with van der Waals surface area (Å²) in [4.78, 5) is 4.58. The molecule has 2 aromatic heterocycles. The molecule has 5 heteroatoms. The molecular weight excluding hydrogens is 378 g/mol. The molecule has 0 N–H and O–H groups in total. The molecule has 2 aromatic carbocycles. The lowest BCUT2D eigenvalue weighted by Gasteiger charge is -2.05. The average Bonchev–Trinajstić information content (AvgIpc) is 3.19. The smallest absolute Gasteiger partial charge is 0.122 e. The standard InChI is InChI=1S/C24H25N3OS/c1-3-4-15-28-21-11-9-20(10-12-21)22-16-23-24(25-13-14-27(23)26-22)29-17-19-7-5-18(2)6-8-19/h5-14,16H,3-4,15,17H2,1-2H3. The predicted molar refractivity (Wildman–Crippen MR) is 120 cm³/mol. The van der Waals surface area contributed by atoms with Crippen molar-refractivity contribution in [3.63, 3.8) is 0 Å². The van der Waals surface area contributed by atoms with Gasteiger partial charge in [-0.25, -0.2) is 9.50 Å². The van der Waals surface area contributed by atoms with Crippen molar-refractivity contribution in [2.75, 3.05) is 6.61 Å². The van der Waals surface area contributed by atoms with Crippen molar-refractivity contribution in [1.82, 2.24) is 14.6 Å². The molecule has 2 heterocycles. The molecule has 29 heavy (non-hydrogen) atoms. The van der Waals surface area contributed by atoms with Gasteiger partial charge < -0.3 is 4.74 Å². The predicted octanol–water partition coefficient (Wildman–Crippen LogP) is 6.18. The van der Waals surface area contributed by atoms with Gasteiger partial charge in [-0.1, -0.05) is 54.9 Å². The highest BCUT2D eigenvalue weighted by atomic mass is 32.2. The Hall–Kier alpha value is -2.79. The van der Waals surface area contributed by atoms with Gasteiger partial charge in [0.05, 0.1) is 17.8 Å². The lowest BCUT2D eigenvalue weighted by molar-refractivity contribution is 0.309. The molecule has 4 nitrogen and oxygen atoms in total. The topological polar surface area (TPSA) is 39.4 Å². The van der Waals surface area contributed by atoms with Gasteiger partial charge >= 0.3 is 0 Å². The lowest BCUT2D eigenvalue weighted by atomic mass is 10.1. The number of hydrogen-bond donors (Lipinski definition) is 0. The minimum absolute atomic E-state index is 0.761. The third-order valence-electron chi connectivity index (χ3n) is 4.77. The fourth-order valence-electron chi connectivity index (χ4n) is 3.04. The first-order valence-electron chi connectivity index (χ1n) is 9.99. The van der Waals surface area contributed by atoms with Crippen LogP contribution < -0.4 is 4.74 Å². The Morgan fingerprint density at radius 2 is 1.83 bits per heavy atom. The molecule has 0 spiro atoms. The molecule has 4 aromatic rings. The van der Waals surface area contributed by atoms with Crippen LogP contribution in [-0.2, 0) is 5.75 Å². The molecule has 0 bridgehead atoms. The Labute approximate surface area is 175 Å². The number of ether oxygens (including phenoxy) is 1. The van der Waals surface area contributed by atoms with Crippen molar-refractivity contribution >= 4 is 17.3 Å². The van der Waals surface area contributed by atoms with E-state index in [0.29, 0.717) is 0 Å². The van der Waals surface area contributed by atoms with E-state index in [1.54, 1.807) is 11.8 Å². The molecule has 0 fully saturated rings. The van der Waals surface area contributed by atoms with Gasteiger partial charge in [0, 0.05) is 23.7 Å². The summed E-state index contributed by atoms with van der Waals surface area (Å²) in [7, 11) is 0. The summed E-state index contributed by atoms with van der Waals surface area (Å²) >= 11 is 1.74. The molecule has 148 valence electrons. The van der Waals surface area contributed by atoms with E-state index in [1.165, 1.54) is 11.1 Å². The zero-order chi connectivity index (χ0) is 20.1. The molecule has 0 aliphatic rings. The number of nitrogens with zero attached hydrogens (tertiary/aromatic N) is 3. The van der Waals surface area contributed by atoms with Crippen LogP contribution in [0.4, 0.5) is 0 Å². The van der Waals surface area contributed by atoms with Crippen LogP contribution in [0.2, 0.25) is 0 Å². The summed E-state index contributed by atoms with van der Waals surface area (Å²) < 4.78 is 7.67. The van der Waals surface area contributed by atoms with Crippen LogP contribution in [0.5, 0.6) is 5.75 Å². The van der Waals surface area contributed by atoms with Crippen LogP contribution >= 0.6 is 11.8 Å². The van der Waals surface area contributed by atoms with E-state index in [0.717, 1.165) is 52.8 Å². The highest BCUT2D eigenvalue weighted by molar-refractivity contribution is 7.98. The van der Waals surface area contributed by atoms with E-state index in [1.807, 2.05) is 29.0 Å². The van der Waals surface area contributed by atoms with Gasteiger partial charge in [-0.05, 0) is 49.2 Å². The second-order valence-corrected chi connectivity index (χ2v) is 8.06. The Balaban J connectivity index is 1.51. The summed E-state index contributed by atoms with van der Waals surface area (Å²) in [5, 5.41) is 5.73. The Morgan fingerprint density at radius 1 is 1.03 bits per heavy atom. The normalized spacial score (nSPS) is 11.1. The van der Waals surface area contributed by atoms with E-state index in [4.69, 9.17) is 9.84 Å². The average molecular weight is 404 g/mol. The Kier molecular flexibility index (Phi) is 6.15. The summed E-state index contributed by atoms with van der Waals surface area (Å²) in [5.41, 5.74) is 5.62. The summed E-state index contributed by atoms with van der Waals surface area (Å²) in [5.74, 6) is 1.79. The van der Waals surface area contributed by atoms with E-state index in [2.05, 4.69) is 61.3 Å². The van der Waals surface area contributed by atoms with E-state index in [9.17, 15) is 0 Å². The molecule has 0 saturated carbocycles. The van der Waals surface area contributed by atoms with Crippen molar-refractivity contribution in [1.29, 1.82) is 0 Å². The third-order valence-corrected chi connectivity index (χ3v) is 5.83. The molecule has 0 saturated heterocycles. The number of unbranched alkanes of at least 4 members (excludes halogenated alkanes) is 1. The molecule has 0 aliphatic heterocycles. The van der Waals surface area contributed by atoms with Crippen molar-refractivity contribution in [3.8, 4) is 17.0 Å². The number of hydrogen-bond acceptors (Lipinski definition) is 4. The molecule has 0 radical (unpaired) electrons. The maximum absolute atomic E-state index is 5.76. The zero-order valence-electron chi connectivity index (χ0n) is 16.8. The van der Waals surface area contributed by atoms with Crippen LogP contribution in [0.3, 0.4) is 0 Å². The van der Waals surface area contributed by atoms with Crippen LogP contribution in [0, 0.1) is 6.92 Å². The molecule has 0 atom stereocenters. The summed E-state index contributed by atoms with van der Waals surface area (Å²) in [6, 6.07) is 18.9. The lowest BCUT2D eigenvalue weighted by Crippen LogP contribution is -1.96. The largest absolute Gasteiger partial charge is 0.494 e. The number of rotatable bonds is 8. The van der Waals surface area contributed by atoms with Crippen molar-refractivity contribution in [2.45, 2.75) is 37.5 Å². The SMILES string of the molecule is CCCCOc1ccc(-c2cc3c(SCc4ccc(C)cc4)nccn3n2)cc1. The molecule has 0 unspecified atom stereocenters. The second kappa shape index (κ2) is 9.14. The summed E-state index contributed by atoms with van der Waals surface area (Å²) in [6.45, 7) is 5.03. The van der Waals surface area contributed by atoms with E-state index in [-0.39, 0.29) is 0 Å². The number of aromatic nitrogens is 3. The molecule has 4 rings (SSSR count). The fourth-order valence-corrected chi connectivity index (χ4v) is 3.97. The quantitative estimate of drug-likeness (QED) is 0.260. The fraction of sp³-hybridized carbons (Fsp3) is 0.250. The zero-order valence-corrected chi connectivity index (χ0v) is 17.7. The van der Waals surface area contributed by atoms with E-state index >= 15 is 0 Å². The Bertz CT molecular complexity index is 1070. The first-order chi connectivity index (χ1) is 14.2. The van der Waals surface area contributed by atoms with Gasteiger partial charge in [-0.2, -0.15) is 5.10 Å². The van der Waals surface area contributed by atoms with Crippen molar-refractivity contribution in [3.05, 3.63) is 78.1 Å². The van der Waals surface area contributed by atoms with Crippen LogP contribution in [-0.4, -0.2) is 21.2 Å². The molecular formula is C24H25N3OS. The maximum Gasteiger partial charge on any atom is 0.122 e. The number of fused-ring (bicyclic) bond motifs is 1. The summed E-state index contributed by atoms with van der Waals surface area (Å²) in [6.07, 6.45) is 5.92. The first kappa shape index (κ1) is 19.5. The van der Waals surface area contributed by atoms with Crippen molar-refractivity contribution < 1.29 is 4.74 Å². The Morgan fingerprint density at radius 3 is 2.59 bits per heavy atom. The highest BCUT2D eigenvalue weighted by Crippen LogP contribution is 2.29. The number of benzene rings is 2.